The predicted molar refractivity (Wildman–Crippen MR) is 112 cm³/mol. The van der Waals surface area contributed by atoms with Crippen LogP contribution in [0.5, 0.6) is 0 Å². The zero-order chi connectivity index (χ0) is 18.5. The number of fused-ring (bicyclic) bond motifs is 1. The molecule has 4 heteroatoms. The highest BCUT2D eigenvalue weighted by Gasteiger charge is 2.14. The van der Waals surface area contributed by atoms with E-state index in [9.17, 15) is 0 Å². The molecular formula is C23H20ClN3. The summed E-state index contributed by atoms with van der Waals surface area (Å²) in [7, 11) is 0. The van der Waals surface area contributed by atoms with E-state index >= 15 is 0 Å². The number of aromatic nitrogens is 2. The van der Waals surface area contributed by atoms with Crippen LogP contribution in [0, 0.1) is 0 Å². The minimum atomic E-state index is 0.260. The van der Waals surface area contributed by atoms with Crippen molar-refractivity contribution in [3.63, 3.8) is 0 Å². The smallest absolute Gasteiger partial charge is 0.224 e. The molecule has 0 amide bonds. The zero-order valence-electron chi connectivity index (χ0n) is 14.8. The van der Waals surface area contributed by atoms with Gasteiger partial charge >= 0.3 is 0 Å². The van der Waals surface area contributed by atoms with Crippen molar-refractivity contribution in [3.8, 4) is 0 Å². The Balaban J connectivity index is 1.61. The molecule has 0 spiro atoms. The fraction of sp³-hybridized carbons (Fsp3) is 0.130. The summed E-state index contributed by atoms with van der Waals surface area (Å²) >= 11 is 6.12. The van der Waals surface area contributed by atoms with E-state index in [1.54, 1.807) is 0 Å². The first-order valence-electron chi connectivity index (χ1n) is 9.04. The van der Waals surface area contributed by atoms with E-state index in [-0.39, 0.29) is 5.28 Å². The first-order chi connectivity index (χ1) is 13.3. The number of nitrogens with zero attached hydrogens (tertiary/aromatic N) is 2. The Kier molecular flexibility index (Phi) is 5.31. The third-order valence-electron chi connectivity index (χ3n) is 4.69. The third kappa shape index (κ3) is 4.26. The average Bonchev–Trinajstić information content (AvgIpc) is 2.72. The maximum atomic E-state index is 6.12. The molecule has 1 heterocycles. The number of anilines is 1. The molecule has 27 heavy (non-hydrogen) atoms. The van der Waals surface area contributed by atoms with E-state index in [1.807, 2.05) is 36.4 Å². The molecule has 1 atom stereocenters. The van der Waals surface area contributed by atoms with Gasteiger partial charge in [-0.2, -0.15) is 0 Å². The highest BCUT2D eigenvalue weighted by Crippen LogP contribution is 2.25. The zero-order valence-corrected chi connectivity index (χ0v) is 15.6. The predicted octanol–water partition coefficient (Wildman–Crippen LogP) is 5.72. The maximum Gasteiger partial charge on any atom is 0.224 e. The molecular weight excluding hydrogens is 354 g/mol. The number of nitrogens with one attached hydrogen (secondary N) is 1. The summed E-state index contributed by atoms with van der Waals surface area (Å²) < 4.78 is 0. The van der Waals surface area contributed by atoms with Crippen molar-refractivity contribution >= 4 is 28.3 Å². The molecule has 0 aliphatic carbocycles. The van der Waals surface area contributed by atoms with Gasteiger partial charge in [-0.15, -0.1) is 0 Å². The molecule has 3 aromatic carbocycles. The molecule has 0 saturated carbocycles. The number of halogens is 1. The molecule has 0 saturated heterocycles. The van der Waals surface area contributed by atoms with Crippen molar-refractivity contribution in [1.82, 2.24) is 9.97 Å². The topological polar surface area (TPSA) is 37.8 Å². The van der Waals surface area contributed by atoms with Crippen LogP contribution in [0.1, 0.15) is 17.0 Å². The first kappa shape index (κ1) is 17.5. The van der Waals surface area contributed by atoms with Gasteiger partial charge in [0.25, 0.3) is 0 Å². The van der Waals surface area contributed by atoms with Crippen molar-refractivity contribution in [2.45, 2.75) is 12.3 Å². The van der Waals surface area contributed by atoms with Crippen molar-refractivity contribution in [2.75, 3.05) is 11.9 Å². The van der Waals surface area contributed by atoms with Crippen LogP contribution >= 0.6 is 11.6 Å². The van der Waals surface area contributed by atoms with Gasteiger partial charge in [0.05, 0.1) is 5.52 Å². The molecule has 4 rings (SSSR count). The number of rotatable bonds is 6. The Labute approximate surface area is 164 Å². The van der Waals surface area contributed by atoms with Gasteiger partial charge in [-0.1, -0.05) is 72.8 Å². The lowest BCUT2D eigenvalue weighted by Crippen LogP contribution is -2.16. The monoisotopic (exact) mass is 373 g/mol. The minimum Gasteiger partial charge on any atom is -0.369 e. The lowest BCUT2D eigenvalue weighted by Gasteiger charge is -2.19. The minimum absolute atomic E-state index is 0.260. The third-order valence-corrected chi connectivity index (χ3v) is 4.86. The fourth-order valence-corrected chi connectivity index (χ4v) is 3.51. The fourth-order valence-electron chi connectivity index (χ4n) is 3.33. The molecule has 1 N–H and O–H groups in total. The second kappa shape index (κ2) is 8.19. The van der Waals surface area contributed by atoms with E-state index in [2.05, 4.69) is 63.8 Å². The van der Waals surface area contributed by atoms with Crippen LogP contribution in [-0.4, -0.2) is 16.5 Å². The molecule has 0 fully saturated rings. The van der Waals surface area contributed by atoms with Gasteiger partial charge in [0.2, 0.25) is 5.28 Å². The highest BCUT2D eigenvalue weighted by molar-refractivity contribution is 6.28. The summed E-state index contributed by atoms with van der Waals surface area (Å²) in [6.07, 6.45) is 0.953. The van der Waals surface area contributed by atoms with Gasteiger partial charge in [-0.3, -0.25) is 0 Å². The largest absolute Gasteiger partial charge is 0.369 e. The number of para-hydroxylation sites is 1. The Morgan fingerprint density at radius 2 is 1.44 bits per heavy atom. The van der Waals surface area contributed by atoms with E-state index in [0.29, 0.717) is 5.92 Å². The summed E-state index contributed by atoms with van der Waals surface area (Å²) in [4.78, 5) is 8.72. The van der Waals surface area contributed by atoms with Crippen LogP contribution in [0.2, 0.25) is 5.28 Å². The Morgan fingerprint density at radius 1 is 0.778 bits per heavy atom. The SMILES string of the molecule is Clc1nc(NCC(Cc2ccccc2)c2ccccc2)c2ccccc2n1. The van der Waals surface area contributed by atoms with Crippen LogP contribution in [0.3, 0.4) is 0 Å². The van der Waals surface area contributed by atoms with E-state index in [0.717, 1.165) is 29.7 Å². The lowest BCUT2D eigenvalue weighted by molar-refractivity contribution is 0.715. The van der Waals surface area contributed by atoms with Gasteiger partial charge < -0.3 is 5.32 Å². The van der Waals surface area contributed by atoms with Gasteiger partial charge in [0.1, 0.15) is 5.82 Å². The highest BCUT2D eigenvalue weighted by atomic mass is 35.5. The summed E-state index contributed by atoms with van der Waals surface area (Å²) in [5.41, 5.74) is 3.47. The molecule has 0 radical (unpaired) electrons. The van der Waals surface area contributed by atoms with E-state index in [4.69, 9.17) is 11.6 Å². The first-order valence-corrected chi connectivity index (χ1v) is 9.42. The molecule has 0 aliphatic rings. The van der Waals surface area contributed by atoms with Gasteiger partial charge in [0, 0.05) is 17.8 Å². The molecule has 4 aromatic rings. The standard InChI is InChI=1S/C23H20ClN3/c24-23-26-21-14-8-7-13-20(21)22(27-23)25-16-19(18-11-5-2-6-12-18)15-17-9-3-1-4-10-17/h1-14,19H,15-16H2,(H,25,26,27). The van der Waals surface area contributed by atoms with Gasteiger partial charge in [-0.05, 0) is 41.3 Å². The van der Waals surface area contributed by atoms with Crippen LogP contribution in [0.15, 0.2) is 84.9 Å². The van der Waals surface area contributed by atoms with Gasteiger partial charge in [-0.25, -0.2) is 9.97 Å². The van der Waals surface area contributed by atoms with Gasteiger partial charge in [0.15, 0.2) is 0 Å². The second-order valence-corrected chi connectivity index (χ2v) is 6.87. The van der Waals surface area contributed by atoms with E-state index in [1.165, 1.54) is 11.1 Å². The van der Waals surface area contributed by atoms with Crippen molar-refractivity contribution < 1.29 is 0 Å². The average molecular weight is 374 g/mol. The number of hydrogen-bond acceptors (Lipinski definition) is 3. The van der Waals surface area contributed by atoms with E-state index < -0.39 is 0 Å². The Morgan fingerprint density at radius 3 is 2.22 bits per heavy atom. The van der Waals surface area contributed by atoms with Crippen LogP contribution in [0.4, 0.5) is 5.82 Å². The van der Waals surface area contributed by atoms with Crippen molar-refractivity contribution in [3.05, 3.63) is 101 Å². The summed E-state index contributed by atoms with van der Waals surface area (Å²) in [6, 6.07) is 29.1. The quantitative estimate of drug-likeness (QED) is 0.439. The summed E-state index contributed by atoms with van der Waals surface area (Å²) in [6.45, 7) is 0.760. The van der Waals surface area contributed by atoms with Crippen LogP contribution in [-0.2, 0) is 6.42 Å². The van der Waals surface area contributed by atoms with Crippen LogP contribution in [0.25, 0.3) is 10.9 Å². The molecule has 1 aromatic heterocycles. The maximum absolute atomic E-state index is 6.12. The Bertz CT molecular complexity index is 1020. The summed E-state index contributed by atoms with van der Waals surface area (Å²) in [5, 5.41) is 4.75. The molecule has 0 aliphatic heterocycles. The van der Waals surface area contributed by atoms with Crippen molar-refractivity contribution in [2.24, 2.45) is 0 Å². The second-order valence-electron chi connectivity index (χ2n) is 6.54. The molecule has 134 valence electrons. The lowest BCUT2D eigenvalue weighted by atomic mass is 9.92. The normalized spacial score (nSPS) is 12.0. The van der Waals surface area contributed by atoms with Crippen LogP contribution < -0.4 is 5.32 Å². The number of benzene rings is 3. The summed E-state index contributed by atoms with van der Waals surface area (Å²) in [5.74, 6) is 1.10. The molecule has 3 nitrogen and oxygen atoms in total. The Hall–Kier alpha value is -2.91. The number of hydrogen-bond donors (Lipinski definition) is 1. The molecule has 0 bridgehead atoms. The van der Waals surface area contributed by atoms with Crippen molar-refractivity contribution in [1.29, 1.82) is 0 Å². The molecule has 1 unspecified atom stereocenters.